The first-order valence-corrected chi connectivity index (χ1v) is 6.90. The molecule has 0 spiro atoms. The van der Waals surface area contributed by atoms with Crippen LogP contribution in [0.15, 0.2) is 30.3 Å². The summed E-state index contributed by atoms with van der Waals surface area (Å²) < 4.78 is 0. The molecule has 1 unspecified atom stereocenters. The third-order valence-electron chi connectivity index (χ3n) is 3.03. The minimum absolute atomic E-state index is 0.0416. The summed E-state index contributed by atoms with van der Waals surface area (Å²) in [7, 11) is 0. The number of amides is 1. The van der Waals surface area contributed by atoms with Gasteiger partial charge in [-0.1, -0.05) is 12.1 Å². The number of hydrogen-bond acceptors (Lipinski definition) is 4. The molecule has 0 saturated carbocycles. The predicted octanol–water partition coefficient (Wildman–Crippen LogP) is 3.22. The van der Waals surface area contributed by atoms with Crippen molar-refractivity contribution >= 4 is 17.5 Å². The van der Waals surface area contributed by atoms with E-state index in [0.717, 1.165) is 22.6 Å². The number of benzene rings is 1. The first-order valence-electron chi connectivity index (χ1n) is 6.90. The SMILES string of the molecule is CC(=O)Nc1cccc(C(C)Nc2nc(C)cc(C)n2)c1. The van der Waals surface area contributed by atoms with Crippen molar-refractivity contribution in [2.75, 3.05) is 10.6 Å². The number of carbonyl (C=O) groups excluding carboxylic acids is 1. The van der Waals surface area contributed by atoms with Gasteiger partial charge in [0.05, 0.1) is 6.04 Å². The van der Waals surface area contributed by atoms with Crippen LogP contribution < -0.4 is 10.6 Å². The van der Waals surface area contributed by atoms with Crippen LogP contribution in [0, 0.1) is 13.8 Å². The highest BCUT2D eigenvalue weighted by atomic mass is 16.1. The van der Waals surface area contributed by atoms with Crippen molar-refractivity contribution in [1.82, 2.24) is 9.97 Å². The second-order valence-electron chi connectivity index (χ2n) is 5.15. The lowest BCUT2D eigenvalue weighted by atomic mass is 10.1. The molecule has 1 atom stereocenters. The summed E-state index contributed by atoms with van der Waals surface area (Å²) in [5.41, 5.74) is 3.72. The normalized spacial score (nSPS) is 11.8. The Hall–Kier alpha value is -2.43. The minimum Gasteiger partial charge on any atom is -0.348 e. The van der Waals surface area contributed by atoms with Gasteiger partial charge in [-0.15, -0.1) is 0 Å². The van der Waals surface area contributed by atoms with Gasteiger partial charge in [0.15, 0.2) is 0 Å². The van der Waals surface area contributed by atoms with Gasteiger partial charge >= 0.3 is 0 Å². The Morgan fingerprint density at radius 3 is 2.43 bits per heavy atom. The number of nitrogens with one attached hydrogen (secondary N) is 2. The molecule has 1 aromatic heterocycles. The van der Waals surface area contributed by atoms with E-state index < -0.39 is 0 Å². The van der Waals surface area contributed by atoms with Crippen molar-refractivity contribution in [2.45, 2.75) is 33.7 Å². The third-order valence-corrected chi connectivity index (χ3v) is 3.03. The zero-order chi connectivity index (χ0) is 15.4. The molecule has 2 rings (SSSR count). The van der Waals surface area contributed by atoms with E-state index in [1.54, 1.807) is 0 Å². The van der Waals surface area contributed by atoms with Crippen LogP contribution in [0.4, 0.5) is 11.6 Å². The van der Waals surface area contributed by atoms with Crippen molar-refractivity contribution in [3.63, 3.8) is 0 Å². The summed E-state index contributed by atoms with van der Waals surface area (Å²) in [5.74, 6) is 0.537. The molecule has 0 aliphatic carbocycles. The Kier molecular flexibility index (Phi) is 4.52. The number of aromatic nitrogens is 2. The van der Waals surface area contributed by atoms with Crippen molar-refractivity contribution in [1.29, 1.82) is 0 Å². The highest BCUT2D eigenvalue weighted by Gasteiger charge is 2.09. The van der Waals surface area contributed by atoms with Gasteiger partial charge in [0.25, 0.3) is 0 Å². The molecule has 21 heavy (non-hydrogen) atoms. The monoisotopic (exact) mass is 284 g/mol. The van der Waals surface area contributed by atoms with Gasteiger partial charge in [0.1, 0.15) is 0 Å². The third kappa shape index (κ3) is 4.27. The van der Waals surface area contributed by atoms with Crippen molar-refractivity contribution in [3.8, 4) is 0 Å². The Bertz CT molecular complexity index is 634. The maximum atomic E-state index is 11.1. The first-order chi connectivity index (χ1) is 9.94. The summed E-state index contributed by atoms with van der Waals surface area (Å²) in [6.45, 7) is 7.43. The van der Waals surface area contributed by atoms with Gasteiger partial charge in [-0.2, -0.15) is 0 Å². The van der Waals surface area contributed by atoms with Crippen LogP contribution in [-0.4, -0.2) is 15.9 Å². The second-order valence-corrected chi connectivity index (χ2v) is 5.15. The standard InChI is InChI=1S/C16H20N4O/c1-10-8-11(2)18-16(17-10)19-12(3)14-6-5-7-15(9-14)20-13(4)21/h5-9,12H,1-4H3,(H,20,21)(H,17,18,19). The second kappa shape index (κ2) is 6.35. The fourth-order valence-electron chi connectivity index (χ4n) is 2.16. The predicted molar refractivity (Wildman–Crippen MR) is 84.3 cm³/mol. The Balaban J connectivity index is 2.16. The lowest BCUT2D eigenvalue weighted by molar-refractivity contribution is -0.114. The van der Waals surface area contributed by atoms with Crippen LogP contribution in [0.5, 0.6) is 0 Å². The van der Waals surface area contributed by atoms with Crippen LogP contribution in [0.2, 0.25) is 0 Å². The average Bonchev–Trinajstić information content (AvgIpc) is 2.36. The molecule has 1 aromatic carbocycles. The van der Waals surface area contributed by atoms with Gasteiger partial charge in [-0.3, -0.25) is 4.79 Å². The van der Waals surface area contributed by atoms with E-state index in [1.165, 1.54) is 6.92 Å². The molecule has 2 aromatic rings. The fourth-order valence-corrected chi connectivity index (χ4v) is 2.16. The van der Waals surface area contributed by atoms with Gasteiger partial charge in [0, 0.05) is 24.0 Å². The summed E-state index contributed by atoms with van der Waals surface area (Å²) >= 11 is 0. The molecule has 2 N–H and O–H groups in total. The van der Waals surface area contributed by atoms with E-state index >= 15 is 0 Å². The van der Waals surface area contributed by atoms with E-state index in [2.05, 4.69) is 20.6 Å². The number of carbonyl (C=O) groups is 1. The maximum Gasteiger partial charge on any atom is 0.223 e. The molecule has 110 valence electrons. The fraction of sp³-hybridized carbons (Fsp3) is 0.312. The van der Waals surface area contributed by atoms with Crippen LogP contribution in [0.3, 0.4) is 0 Å². The molecule has 0 aliphatic rings. The molecule has 0 radical (unpaired) electrons. The molecular formula is C16H20N4O. The van der Waals surface area contributed by atoms with E-state index in [1.807, 2.05) is 51.1 Å². The summed E-state index contributed by atoms with van der Waals surface area (Å²) in [4.78, 5) is 19.9. The van der Waals surface area contributed by atoms with Crippen molar-refractivity contribution in [3.05, 3.63) is 47.3 Å². The molecule has 0 aliphatic heterocycles. The summed E-state index contributed by atoms with van der Waals surface area (Å²) in [6, 6.07) is 9.71. The number of aryl methyl sites for hydroxylation is 2. The molecule has 0 saturated heterocycles. The lowest BCUT2D eigenvalue weighted by Gasteiger charge is -2.16. The Morgan fingerprint density at radius 2 is 1.81 bits per heavy atom. The number of hydrogen-bond donors (Lipinski definition) is 2. The molecule has 5 heteroatoms. The maximum absolute atomic E-state index is 11.1. The smallest absolute Gasteiger partial charge is 0.223 e. The zero-order valence-corrected chi connectivity index (χ0v) is 12.8. The van der Waals surface area contributed by atoms with Crippen LogP contribution >= 0.6 is 0 Å². The average molecular weight is 284 g/mol. The van der Waals surface area contributed by atoms with Crippen LogP contribution in [-0.2, 0) is 4.79 Å². The molecule has 0 bridgehead atoms. The van der Waals surface area contributed by atoms with E-state index in [-0.39, 0.29) is 11.9 Å². The molecule has 0 fully saturated rings. The summed E-state index contributed by atoms with van der Waals surface area (Å²) in [6.07, 6.45) is 0. The lowest BCUT2D eigenvalue weighted by Crippen LogP contribution is -2.11. The molecule has 5 nitrogen and oxygen atoms in total. The van der Waals surface area contributed by atoms with E-state index in [9.17, 15) is 4.79 Å². The topological polar surface area (TPSA) is 66.9 Å². The number of anilines is 2. The van der Waals surface area contributed by atoms with E-state index in [4.69, 9.17) is 0 Å². The highest BCUT2D eigenvalue weighted by molar-refractivity contribution is 5.88. The van der Waals surface area contributed by atoms with Gasteiger partial charge in [0.2, 0.25) is 11.9 Å². The first kappa shape index (κ1) is 15.0. The molecule has 1 amide bonds. The summed E-state index contributed by atoms with van der Waals surface area (Å²) in [5, 5.41) is 6.07. The minimum atomic E-state index is -0.0783. The molecule has 1 heterocycles. The van der Waals surface area contributed by atoms with E-state index in [0.29, 0.717) is 5.95 Å². The van der Waals surface area contributed by atoms with Crippen LogP contribution in [0.25, 0.3) is 0 Å². The Labute approximate surface area is 124 Å². The number of nitrogens with zero attached hydrogens (tertiary/aromatic N) is 2. The van der Waals surface area contributed by atoms with Crippen LogP contribution in [0.1, 0.15) is 36.8 Å². The van der Waals surface area contributed by atoms with Crippen molar-refractivity contribution < 1.29 is 4.79 Å². The molecular weight excluding hydrogens is 264 g/mol. The van der Waals surface area contributed by atoms with Gasteiger partial charge < -0.3 is 10.6 Å². The van der Waals surface area contributed by atoms with Crippen molar-refractivity contribution in [2.24, 2.45) is 0 Å². The number of rotatable bonds is 4. The Morgan fingerprint density at radius 1 is 1.14 bits per heavy atom. The zero-order valence-electron chi connectivity index (χ0n) is 12.8. The van der Waals surface area contributed by atoms with Gasteiger partial charge in [-0.05, 0) is 44.5 Å². The quantitative estimate of drug-likeness (QED) is 0.904. The highest BCUT2D eigenvalue weighted by Crippen LogP contribution is 2.20. The largest absolute Gasteiger partial charge is 0.348 e. The van der Waals surface area contributed by atoms with Gasteiger partial charge in [-0.25, -0.2) is 9.97 Å².